The van der Waals surface area contributed by atoms with Gasteiger partial charge in [0.1, 0.15) is 0 Å². The van der Waals surface area contributed by atoms with Crippen LogP contribution in [0, 0.1) is 0 Å². The lowest BCUT2D eigenvalue weighted by atomic mass is 10.2. The Morgan fingerprint density at radius 3 is 2.62 bits per heavy atom. The molecular weight excluding hydrogens is 298 g/mol. The van der Waals surface area contributed by atoms with Gasteiger partial charge in [0.2, 0.25) is 5.91 Å². The topological polar surface area (TPSA) is 79.9 Å². The average Bonchev–Trinajstić information content (AvgIpc) is 2.91. The number of halogens is 1. The van der Waals surface area contributed by atoms with Crippen LogP contribution in [0.4, 0.5) is 10.5 Å². The molecule has 1 saturated heterocycles. The number of hydrogen-bond acceptors (Lipinski definition) is 5. The second kappa shape index (κ2) is 6.53. The number of benzene rings is 1. The standard InChI is InChI=1S/C13H16ClN3O4/c1-20-10-5-8(14)9(6-11(10)21-2)16-7-12(18)17-4-3-15-13(17)19/h5-6,16H,3-4,7H2,1-2H3,(H,15,19). The molecule has 1 aromatic rings. The molecular formula is C13H16ClN3O4. The highest BCUT2D eigenvalue weighted by Crippen LogP contribution is 2.35. The molecule has 7 nitrogen and oxygen atoms in total. The third-order valence-electron chi connectivity index (χ3n) is 3.06. The fourth-order valence-corrected chi connectivity index (χ4v) is 2.19. The molecule has 1 aliphatic rings. The Balaban J connectivity index is 2.06. The Morgan fingerprint density at radius 2 is 2.05 bits per heavy atom. The number of imide groups is 1. The lowest BCUT2D eigenvalue weighted by molar-refractivity contribution is -0.125. The van der Waals surface area contributed by atoms with Crippen LogP contribution in [0.2, 0.25) is 5.02 Å². The number of rotatable bonds is 5. The molecule has 0 atom stereocenters. The highest BCUT2D eigenvalue weighted by molar-refractivity contribution is 6.33. The fraction of sp³-hybridized carbons (Fsp3) is 0.385. The number of methoxy groups -OCH3 is 2. The van der Waals surface area contributed by atoms with E-state index in [1.54, 1.807) is 12.1 Å². The minimum Gasteiger partial charge on any atom is -0.493 e. The molecule has 8 heteroatoms. The van der Waals surface area contributed by atoms with Gasteiger partial charge in [-0.3, -0.25) is 9.69 Å². The average molecular weight is 314 g/mol. The van der Waals surface area contributed by atoms with Gasteiger partial charge in [-0.25, -0.2) is 4.79 Å². The summed E-state index contributed by atoms with van der Waals surface area (Å²) in [6.45, 7) is 0.809. The molecule has 1 heterocycles. The number of amides is 3. The van der Waals surface area contributed by atoms with E-state index < -0.39 is 0 Å². The summed E-state index contributed by atoms with van der Waals surface area (Å²) in [6.07, 6.45) is 0. The largest absolute Gasteiger partial charge is 0.493 e. The van der Waals surface area contributed by atoms with Crippen LogP contribution >= 0.6 is 11.6 Å². The summed E-state index contributed by atoms with van der Waals surface area (Å²) in [5.41, 5.74) is 0.530. The number of carbonyl (C=O) groups excluding carboxylic acids is 2. The van der Waals surface area contributed by atoms with Crippen molar-refractivity contribution in [2.75, 3.05) is 39.2 Å². The normalized spacial score (nSPS) is 13.9. The lowest BCUT2D eigenvalue weighted by Gasteiger charge is -2.15. The third-order valence-corrected chi connectivity index (χ3v) is 3.37. The van der Waals surface area contributed by atoms with Gasteiger partial charge in [0.15, 0.2) is 11.5 Å². The summed E-state index contributed by atoms with van der Waals surface area (Å²) in [7, 11) is 3.02. The van der Waals surface area contributed by atoms with E-state index in [0.29, 0.717) is 35.3 Å². The molecule has 0 spiro atoms. The van der Waals surface area contributed by atoms with Crippen LogP contribution in [0.1, 0.15) is 0 Å². The third kappa shape index (κ3) is 3.30. The first-order chi connectivity index (χ1) is 10.1. The van der Waals surface area contributed by atoms with Crippen molar-refractivity contribution < 1.29 is 19.1 Å². The number of ether oxygens (including phenoxy) is 2. The molecule has 0 bridgehead atoms. The zero-order valence-corrected chi connectivity index (χ0v) is 12.5. The Morgan fingerprint density at radius 1 is 1.38 bits per heavy atom. The molecule has 0 aliphatic carbocycles. The maximum absolute atomic E-state index is 11.9. The molecule has 1 fully saturated rings. The first kappa shape index (κ1) is 15.2. The Hall–Kier alpha value is -2.15. The zero-order chi connectivity index (χ0) is 15.4. The second-order valence-electron chi connectivity index (χ2n) is 4.32. The summed E-state index contributed by atoms with van der Waals surface area (Å²) >= 11 is 6.11. The van der Waals surface area contributed by atoms with Gasteiger partial charge < -0.3 is 20.1 Å². The number of anilines is 1. The van der Waals surface area contributed by atoms with Crippen molar-refractivity contribution in [2.24, 2.45) is 0 Å². The highest BCUT2D eigenvalue weighted by Gasteiger charge is 2.25. The minimum absolute atomic E-state index is 0.0391. The van der Waals surface area contributed by atoms with E-state index in [9.17, 15) is 9.59 Å². The fourth-order valence-electron chi connectivity index (χ4n) is 1.97. The Kier molecular flexibility index (Phi) is 4.74. The molecule has 114 valence electrons. The predicted molar refractivity (Wildman–Crippen MR) is 78.2 cm³/mol. The number of hydrogen-bond donors (Lipinski definition) is 2. The smallest absolute Gasteiger partial charge is 0.324 e. The second-order valence-corrected chi connectivity index (χ2v) is 4.73. The van der Waals surface area contributed by atoms with Gasteiger partial charge >= 0.3 is 6.03 Å². The van der Waals surface area contributed by atoms with Crippen LogP contribution in [-0.4, -0.2) is 50.7 Å². The van der Waals surface area contributed by atoms with Crippen molar-refractivity contribution in [3.63, 3.8) is 0 Å². The summed E-state index contributed by atoms with van der Waals surface area (Å²) in [5.74, 6) is 0.671. The molecule has 0 saturated carbocycles. The van der Waals surface area contributed by atoms with Crippen LogP contribution in [0.15, 0.2) is 12.1 Å². The van der Waals surface area contributed by atoms with E-state index >= 15 is 0 Å². The van der Waals surface area contributed by atoms with Gasteiger partial charge in [0.05, 0.1) is 31.5 Å². The van der Waals surface area contributed by atoms with Crippen molar-refractivity contribution in [3.05, 3.63) is 17.2 Å². The Labute approximate surface area is 127 Å². The van der Waals surface area contributed by atoms with Crippen molar-refractivity contribution >= 4 is 29.2 Å². The van der Waals surface area contributed by atoms with E-state index in [4.69, 9.17) is 21.1 Å². The Bertz CT molecular complexity index is 565. The molecule has 21 heavy (non-hydrogen) atoms. The summed E-state index contributed by atoms with van der Waals surface area (Å²) in [4.78, 5) is 24.5. The van der Waals surface area contributed by atoms with Crippen LogP contribution in [-0.2, 0) is 4.79 Å². The van der Waals surface area contributed by atoms with E-state index in [0.717, 1.165) is 4.90 Å². The first-order valence-corrected chi connectivity index (χ1v) is 6.68. The number of nitrogens with one attached hydrogen (secondary N) is 2. The van der Waals surface area contributed by atoms with Gasteiger partial charge in [-0.15, -0.1) is 0 Å². The zero-order valence-electron chi connectivity index (χ0n) is 11.7. The molecule has 1 aromatic carbocycles. The van der Waals surface area contributed by atoms with Gasteiger partial charge in [-0.1, -0.05) is 11.6 Å². The number of urea groups is 1. The van der Waals surface area contributed by atoms with E-state index in [-0.39, 0.29) is 18.5 Å². The van der Waals surface area contributed by atoms with E-state index in [1.807, 2.05) is 0 Å². The van der Waals surface area contributed by atoms with Gasteiger partial charge in [-0.2, -0.15) is 0 Å². The monoisotopic (exact) mass is 313 g/mol. The summed E-state index contributed by atoms with van der Waals surface area (Å²) < 4.78 is 10.3. The van der Waals surface area contributed by atoms with Crippen LogP contribution in [0.5, 0.6) is 11.5 Å². The SMILES string of the molecule is COc1cc(Cl)c(NCC(=O)N2CCNC2=O)cc1OC. The van der Waals surface area contributed by atoms with Crippen LogP contribution in [0.25, 0.3) is 0 Å². The van der Waals surface area contributed by atoms with E-state index in [2.05, 4.69) is 10.6 Å². The summed E-state index contributed by atoms with van der Waals surface area (Å²) in [6, 6.07) is 2.86. The lowest BCUT2D eigenvalue weighted by Crippen LogP contribution is -2.38. The quantitative estimate of drug-likeness (QED) is 0.857. The van der Waals surface area contributed by atoms with Crippen molar-refractivity contribution in [1.82, 2.24) is 10.2 Å². The van der Waals surface area contributed by atoms with Crippen molar-refractivity contribution in [3.8, 4) is 11.5 Å². The number of carbonyl (C=O) groups is 2. The maximum Gasteiger partial charge on any atom is 0.324 e. The number of nitrogens with zero attached hydrogens (tertiary/aromatic N) is 1. The molecule has 3 amide bonds. The molecule has 2 N–H and O–H groups in total. The molecule has 0 aromatic heterocycles. The van der Waals surface area contributed by atoms with Crippen LogP contribution < -0.4 is 20.1 Å². The van der Waals surface area contributed by atoms with Gasteiger partial charge in [-0.05, 0) is 0 Å². The molecule has 0 unspecified atom stereocenters. The van der Waals surface area contributed by atoms with Gasteiger partial charge in [0.25, 0.3) is 0 Å². The summed E-state index contributed by atoms with van der Waals surface area (Å²) in [5, 5.41) is 5.86. The predicted octanol–water partition coefficient (Wildman–Crippen LogP) is 1.32. The highest BCUT2D eigenvalue weighted by atomic mass is 35.5. The molecule has 1 aliphatic heterocycles. The molecule has 2 rings (SSSR count). The molecule has 0 radical (unpaired) electrons. The first-order valence-electron chi connectivity index (χ1n) is 6.30. The van der Waals surface area contributed by atoms with Crippen LogP contribution in [0.3, 0.4) is 0 Å². The van der Waals surface area contributed by atoms with E-state index in [1.165, 1.54) is 14.2 Å². The van der Waals surface area contributed by atoms with Crippen molar-refractivity contribution in [1.29, 1.82) is 0 Å². The maximum atomic E-state index is 11.9. The van der Waals surface area contributed by atoms with Crippen molar-refractivity contribution in [2.45, 2.75) is 0 Å². The van der Waals surface area contributed by atoms with Gasteiger partial charge in [0, 0.05) is 25.2 Å². The minimum atomic E-state index is -0.375.